The summed E-state index contributed by atoms with van der Waals surface area (Å²) in [6.45, 7) is 4.54. The van der Waals surface area contributed by atoms with Crippen LogP contribution in [0.3, 0.4) is 0 Å². The molecule has 0 saturated heterocycles. The van der Waals surface area contributed by atoms with E-state index in [4.69, 9.17) is 4.74 Å². The van der Waals surface area contributed by atoms with E-state index in [9.17, 15) is 0 Å². The highest BCUT2D eigenvalue weighted by Gasteiger charge is 2.28. The van der Waals surface area contributed by atoms with Gasteiger partial charge in [0.2, 0.25) is 0 Å². The molecule has 1 aromatic rings. The van der Waals surface area contributed by atoms with Crippen LogP contribution < -0.4 is 5.32 Å². The summed E-state index contributed by atoms with van der Waals surface area (Å²) in [5, 5.41) is 3.48. The highest BCUT2D eigenvalue weighted by atomic mass is 79.9. The first kappa shape index (κ1) is 19.2. The van der Waals surface area contributed by atoms with Crippen molar-refractivity contribution < 1.29 is 4.74 Å². The fourth-order valence-electron chi connectivity index (χ4n) is 2.78. The van der Waals surface area contributed by atoms with Gasteiger partial charge in [0.1, 0.15) is 0 Å². The number of guanidine groups is 1. The predicted molar refractivity (Wildman–Crippen MR) is 103 cm³/mol. The zero-order valence-electron chi connectivity index (χ0n) is 15.0. The van der Waals surface area contributed by atoms with Crippen LogP contribution in [-0.2, 0) is 11.3 Å². The van der Waals surface area contributed by atoms with E-state index in [-0.39, 0.29) is 0 Å². The van der Waals surface area contributed by atoms with Crippen LogP contribution in [0.5, 0.6) is 0 Å². The van der Waals surface area contributed by atoms with E-state index in [1.807, 2.05) is 13.1 Å². The molecule has 0 unspecified atom stereocenters. The van der Waals surface area contributed by atoms with Gasteiger partial charge in [-0.15, -0.1) is 0 Å². The van der Waals surface area contributed by atoms with Gasteiger partial charge in [-0.1, -0.05) is 34.1 Å². The van der Waals surface area contributed by atoms with Crippen molar-refractivity contribution >= 4 is 21.9 Å². The van der Waals surface area contributed by atoms with E-state index in [0.717, 1.165) is 49.3 Å². The average Bonchev–Trinajstić information content (AvgIpc) is 3.41. The smallest absolute Gasteiger partial charge is 0.193 e. The Labute approximate surface area is 154 Å². The van der Waals surface area contributed by atoms with Crippen LogP contribution >= 0.6 is 15.9 Å². The molecule has 1 N–H and O–H groups in total. The second-order valence-corrected chi connectivity index (χ2v) is 7.04. The molecule has 1 aliphatic rings. The summed E-state index contributed by atoms with van der Waals surface area (Å²) in [6, 6.07) is 9.05. The lowest BCUT2D eigenvalue weighted by Gasteiger charge is -2.25. The fourth-order valence-corrected chi connectivity index (χ4v) is 3.19. The van der Waals surface area contributed by atoms with Crippen molar-refractivity contribution in [3.8, 4) is 0 Å². The van der Waals surface area contributed by atoms with Crippen LogP contribution in [0.15, 0.2) is 33.7 Å². The van der Waals surface area contributed by atoms with Crippen LogP contribution in [0.2, 0.25) is 0 Å². The van der Waals surface area contributed by atoms with Gasteiger partial charge < -0.3 is 15.0 Å². The largest absolute Gasteiger partial charge is 0.383 e. The summed E-state index contributed by atoms with van der Waals surface area (Å²) >= 11 is 3.61. The lowest BCUT2D eigenvalue weighted by atomic mass is 10.2. The monoisotopic (exact) mass is 396 g/mol. The van der Waals surface area contributed by atoms with Gasteiger partial charge in [-0.2, -0.15) is 0 Å². The first-order valence-corrected chi connectivity index (χ1v) is 9.33. The molecular formula is C18H29BrN4O. The minimum atomic E-state index is 0.752. The SMILES string of the molecule is CN=C(NCCN(CCOC)C1CC1)N(C)Cc1ccccc1Br. The second-order valence-electron chi connectivity index (χ2n) is 6.18. The number of ether oxygens (including phenoxy) is 1. The van der Waals surface area contributed by atoms with Gasteiger partial charge in [0.05, 0.1) is 6.61 Å². The minimum Gasteiger partial charge on any atom is -0.383 e. The van der Waals surface area contributed by atoms with Gasteiger partial charge in [0, 0.05) is 57.9 Å². The minimum absolute atomic E-state index is 0.752. The van der Waals surface area contributed by atoms with E-state index < -0.39 is 0 Å². The molecule has 0 bridgehead atoms. The Hall–Kier alpha value is -1.11. The Morgan fingerprint density at radius 1 is 1.33 bits per heavy atom. The Morgan fingerprint density at radius 2 is 2.08 bits per heavy atom. The summed E-state index contributed by atoms with van der Waals surface area (Å²) in [4.78, 5) is 9.07. The number of hydrogen-bond donors (Lipinski definition) is 1. The maximum atomic E-state index is 5.22. The van der Waals surface area contributed by atoms with E-state index >= 15 is 0 Å². The van der Waals surface area contributed by atoms with Crippen LogP contribution in [0.4, 0.5) is 0 Å². The highest BCUT2D eigenvalue weighted by molar-refractivity contribution is 9.10. The second kappa shape index (κ2) is 10.0. The fraction of sp³-hybridized carbons (Fsp3) is 0.611. The van der Waals surface area contributed by atoms with Gasteiger partial charge in [-0.25, -0.2) is 0 Å². The van der Waals surface area contributed by atoms with Crippen molar-refractivity contribution in [3.63, 3.8) is 0 Å². The van der Waals surface area contributed by atoms with Gasteiger partial charge in [-0.3, -0.25) is 9.89 Å². The Bertz CT molecular complexity index is 534. The molecule has 0 spiro atoms. The normalized spacial score (nSPS) is 15.0. The third-order valence-corrected chi connectivity index (χ3v) is 5.04. The summed E-state index contributed by atoms with van der Waals surface area (Å²) in [7, 11) is 5.67. The maximum absolute atomic E-state index is 5.22. The van der Waals surface area contributed by atoms with Crippen molar-refractivity contribution in [1.29, 1.82) is 0 Å². The van der Waals surface area contributed by atoms with E-state index in [2.05, 4.69) is 61.3 Å². The quantitative estimate of drug-likeness (QED) is 0.514. The number of hydrogen-bond acceptors (Lipinski definition) is 3. The van der Waals surface area contributed by atoms with Crippen molar-refractivity contribution in [3.05, 3.63) is 34.3 Å². The summed E-state index contributed by atoms with van der Waals surface area (Å²) in [5.74, 6) is 0.924. The Balaban J connectivity index is 1.79. The molecule has 0 aliphatic heterocycles. The highest BCUT2D eigenvalue weighted by Crippen LogP contribution is 2.26. The molecule has 1 aromatic carbocycles. The Kier molecular flexibility index (Phi) is 8.02. The maximum Gasteiger partial charge on any atom is 0.193 e. The van der Waals surface area contributed by atoms with Crippen LogP contribution in [0.1, 0.15) is 18.4 Å². The summed E-state index contributed by atoms with van der Waals surface area (Å²) in [5.41, 5.74) is 1.25. The lowest BCUT2D eigenvalue weighted by Crippen LogP contribution is -2.43. The number of halogens is 1. The number of benzene rings is 1. The first-order valence-electron chi connectivity index (χ1n) is 8.54. The molecule has 0 aromatic heterocycles. The van der Waals surface area contributed by atoms with Crippen LogP contribution in [0.25, 0.3) is 0 Å². The molecule has 0 heterocycles. The van der Waals surface area contributed by atoms with Crippen molar-refractivity contribution in [2.24, 2.45) is 4.99 Å². The standard InChI is InChI=1S/C18H29BrN4O/c1-20-18(22(2)14-15-6-4-5-7-17(15)19)21-10-11-23(12-13-24-3)16-8-9-16/h4-7,16H,8-14H2,1-3H3,(H,20,21). The molecule has 2 rings (SSSR count). The topological polar surface area (TPSA) is 40.1 Å². The molecule has 0 radical (unpaired) electrons. The third-order valence-electron chi connectivity index (χ3n) is 4.27. The van der Waals surface area contributed by atoms with Crippen LogP contribution in [-0.4, -0.2) is 69.2 Å². The van der Waals surface area contributed by atoms with Crippen molar-refractivity contribution in [2.75, 3.05) is 47.4 Å². The first-order chi connectivity index (χ1) is 11.7. The summed E-state index contributed by atoms with van der Waals surface area (Å²) in [6.07, 6.45) is 2.64. The molecular weight excluding hydrogens is 368 g/mol. The molecule has 5 nitrogen and oxygen atoms in total. The number of methoxy groups -OCH3 is 1. The van der Waals surface area contributed by atoms with Gasteiger partial charge in [-0.05, 0) is 24.5 Å². The van der Waals surface area contributed by atoms with Crippen molar-refractivity contribution in [1.82, 2.24) is 15.1 Å². The van der Waals surface area contributed by atoms with E-state index in [1.165, 1.54) is 18.4 Å². The number of nitrogens with zero attached hydrogens (tertiary/aromatic N) is 3. The predicted octanol–water partition coefficient (Wildman–Crippen LogP) is 2.57. The number of aliphatic imine (C=N–C) groups is 1. The third kappa shape index (κ3) is 6.07. The van der Waals surface area contributed by atoms with Gasteiger partial charge >= 0.3 is 0 Å². The van der Waals surface area contributed by atoms with Crippen molar-refractivity contribution in [2.45, 2.75) is 25.4 Å². The van der Waals surface area contributed by atoms with Gasteiger partial charge in [0.15, 0.2) is 5.96 Å². The zero-order valence-corrected chi connectivity index (χ0v) is 16.6. The van der Waals surface area contributed by atoms with E-state index in [0.29, 0.717) is 0 Å². The van der Waals surface area contributed by atoms with Crippen LogP contribution in [0, 0.1) is 0 Å². The molecule has 1 aliphatic carbocycles. The molecule has 6 heteroatoms. The zero-order chi connectivity index (χ0) is 17.4. The Morgan fingerprint density at radius 3 is 2.71 bits per heavy atom. The molecule has 24 heavy (non-hydrogen) atoms. The van der Waals surface area contributed by atoms with Gasteiger partial charge in [0.25, 0.3) is 0 Å². The molecule has 134 valence electrons. The average molecular weight is 397 g/mol. The molecule has 1 fully saturated rings. The number of nitrogens with one attached hydrogen (secondary N) is 1. The summed E-state index contributed by atoms with van der Waals surface area (Å²) < 4.78 is 6.35. The lowest BCUT2D eigenvalue weighted by molar-refractivity contribution is 0.144. The molecule has 1 saturated carbocycles. The molecule has 0 atom stereocenters. The molecule has 0 amide bonds. The number of rotatable bonds is 9. The van der Waals surface area contributed by atoms with E-state index in [1.54, 1.807) is 7.11 Å².